The van der Waals surface area contributed by atoms with Crippen molar-refractivity contribution in [3.63, 3.8) is 0 Å². The van der Waals surface area contributed by atoms with E-state index in [0.717, 1.165) is 42.8 Å². The summed E-state index contributed by atoms with van der Waals surface area (Å²) in [6.45, 7) is 0. The third-order valence-electron chi connectivity index (χ3n) is 6.18. The van der Waals surface area contributed by atoms with Crippen molar-refractivity contribution in [1.82, 2.24) is 25.2 Å². The van der Waals surface area contributed by atoms with Crippen molar-refractivity contribution in [1.29, 1.82) is 0 Å². The molecule has 190 valence electrons. The maximum atomic E-state index is 12.8. The van der Waals surface area contributed by atoms with Crippen LogP contribution >= 0.6 is 27.7 Å². The molecule has 1 amide bonds. The van der Waals surface area contributed by atoms with Crippen LogP contribution in [0.5, 0.6) is 0 Å². The second-order valence-corrected chi connectivity index (χ2v) is 10.5. The van der Waals surface area contributed by atoms with Gasteiger partial charge in [0.2, 0.25) is 0 Å². The third-order valence-corrected chi connectivity index (χ3v) is 7.64. The Bertz CT molecular complexity index is 1770. The summed E-state index contributed by atoms with van der Waals surface area (Å²) in [5, 5.41) is 18.1. The van der Waals surface area contributed by atoms with Crippen LogP contribution in [0.3, 0.4) is 0 Å². The molecule has 0 fully saturated rings. The first kappa shape index (κ1) is 25.0. The highest BCUT2D eigenvalue weighted by Crippen LogP contribution is 2.29. The molecule has 2 heterocycles. The Hall–Kier alpha value is -4.34. The molecule has 0 spiro atoms. The van der Waals surface area contributed by atoms with Gasteiger partial charge in [-0.15, -0.1) is 10.2 Å². The van der Waals surface area contributed by atoms with E-state index < -0.39 is 0 Å². The number of nitrogens with zero attached hydrogens (tertiary/aromatic N) is 5. The van der Waals surface area contributed by atoms with Crippen LogP contribution < -0.4 is 5.43 Å². The van der Waals surface area contributed by atoms with Crippen molar-refractivity contribution in [3.8, 4) is 17.1 Å². The van der Waals surface area contributed by atoms with Crippen LogP contribution in [-0.4, -0.2) is 37.6 Å². The number of pyridine rings is 1. The second kappa shape index (κ2) is 11.2. The fourth-order valence-electron chi connectivity index (χ4n) is 4.39. The summed E-state index contributed by atoms with van der Waals surface area (Å²) < 4.78 is 2.90. The molecule has 7 nitrogen and oxygen atoms in total. The zero-order valence-electron chi connectivity index (χ0n) is 20.5. The Kier molecular flexibility index (Phi) is 7.16. The van der Waals surface area contributed by atoms with Crippen molar-refractivity contribution in [3.05, 3.63) is 113 Å². The predicted molar refractivity (Wildman–Crippen MR) is 160 cm³/mol. The van der Waals surface area contributed by atoms with E-state index in [1.54, 1.807) is 18.6 Å². The normalized spacial score (nSPS) is 11.4. The van der Waals surface area contributed by atoms with Crippen LogP contribution in [0, 0.1) is 0 Å². The molecule has 0 radical (unpaired) electrons. The first-order chi connectivity index (χ1) is 19.2. The molecule has 39 heavy (non-hydrogen) atoms. The summed E-state index contributed by atoms with van der Waals surface area (Å²) in [5.74, 6) is 0.554. The summed E-state index contributed by atoms with van der Waals surface area (Å²) in [6.07, 6.45) is 5.15. The van der Waals surface area contributed by atoms with Crippen LogP contribution in [0.1, 0.15) is 5.56 Å². The number of aromatic nitrogens is 4. The number of hydrogen-bond donors (Lipinski definition) is 1. The number of fused-ring (bicyclic) bond motifs is 2. The van der Waals surface area contributed by atoms with Crippen molar-refractivity contribution < 1.29 is 4.79 Å². The molecule has 0 aliphatic carbocycles. The minimum Gasteiger partial charge on any atom is -0.272 e. The SMILES string of the molecule is O=C(CSc1nnc(-c2ccncc2)n1-c1ccc(Br)cc1)N/N=C/c1c2ccccc2cc2ccccc12. The number of nitrogens with one attached hydrogen (secondary N) is 1. The van der Waals surface area contributed by atoms with Gasteiger partial charge in [0.15, 0.2) is 11.0 Å². The molecule has 0 atom stereocenters. The van der Waals surface area contributed by atoms with Gasteiger partial charge in [-0.05, 0) is 64.0 Å². The van der Waals surface area contributed by atoms with E-state index in [-0.39, 0.29) is 11.7 Å². The van der Waals surface area contributed by atoms with E-state index in [4.69, 9.17) is 0 Å². The van der Waals surface area contributed by atoms with Gasteiger partial charge < -0.3 is 0 Å². The molecule has 1 N–H and O–H groups in total. The minimum atomic E-state index is -0.239. The fraction of sp³-hybridized carbons (Fsp3) is 0.0333. The summed E-state index contributed by atoms with van der Waals surface area (Å²) in [4.78, 5) is 16.9. The lowest BCUT2D eigenvalue weighted by Gasteiger charge is -2.10. The molecule has 0 saturated carbocycles. The van der Waals surface area contributed by atoms with Gasteiger partial charge in [0.05, 0.1) is 12.0 Å². The molecule has 0 aliphatic rings. The Labute approximate surface area is 237 Å². The number of carbonyl (C=O) groups is 1. The van der Waals surface area contributed by atoms with Gasteiger partial charge in [0, 0.05) is 33.7 Å². The molecule has 0 saturated heterocycles. The van der Waals surface area contributed by atoms with Crippen molar-refractivity contribution in [2.75, 3.05) is 5.75 Å². The Morgan fingerprint density at radius 3 is 2.26 bits per heavy atom. The summed E-state index contributed by atoms with van der Waals surface area (Å²) in [7, 11) is 0. The van der Waals surface area contributed by atoms with E-state index in [1.807, 2.05) is 65.2 Å². The lowest BCUT2D eigenvalue weighted by molar-refractivity contribution is -0.118. The molecular formula is C30H21BrN6OS. The smallest absolute Gasteiger partial charge is 0.250 e. The van der Waals surface area contributed by atoms with Gasteiger partial charge in [-0.2, -0.15) is 5.10 Å². The highest BCUT2D eigenvalue weighted by molar-refractivity contribution is 9.10. The number of carbonyl (C=O) groups excluding carboxylic acids is 1. The number of amides is 1. The molecule has 0 bridgehead atoms. The molecule has 0 aliphatic heterocycles. The van der Waals surface area contributed by atoms with Crippen molar-refractivity contribution in [2.45, 2.75) is 5.16 Å². The van der Waals surface area contributed by atoms with Gasteiger partial charge in [0.1, 0.15) is 0 Å². The standard InChI is InChI=1S/C30H21BrN6OS/c31-23-9-11-24(12-10-23)37-29(20-13-15-32-16-14-20)35-36-30(37)39-19-28(38)34-33-18-27-25-7-3-1-5-21(25)17-22-6-2-4-8-26(22)27/h1-18H,19H2,(H,34,38)/b33-18+. The number of hydrogen-bond acceptors (Lipinski definition) is 6. The lowest BCUT2D eigenvalue weighted by atomic mass is 9.97. The zero-order chi connectivity index (χ0) is 26.6. The Morgan fingerprint density at radius 1 is 0.897 bits per heavy atom. The molecule has 0 unspecified atom stereocenters. The van der Waals surface area contributed by atoms with Crippen LogP contribution in [0.4, 0.5) is 0 Å². The van der Waals surface area contributed by atoms with Crippen LogP contribution in [0.2, 0.25) is 0 Å². The maximum Gasteiger partial charge on any atom is 0.250 e. The first-order valence-corrected chi connectivity index (χ1v) is 13.9. The highest BCUT2D eigenvalue weighted by Gasteiger charge is 2.17. The number of rotatable bonds is 7. The quantitative estimate of drug-likeness (QED) is 0.0971. The molecule has 4 aromatic carbocycles. The maximum absolute atomic E-state index is 12.8. The van der Waals surface area contributed by atoms with Crippen LogP contribution in [-0.2, 0) is 4.79 Å². The van der Waals surface area contributed by atoms with Gasteiger partial charge in [0.25, 0.3) is 5.91 Å². The van der Waals surface area contributed by atoms with E-state index in [1.165, 1.54) is 11.8 Å². The highest BCUT2D eigenvalue weighted by atomic mass is 79.9. The van der Waals surface area contributed by atoms with E-state index in [0.29, 0.717) is 11.0 Å². The van der Waals surface area contributed by atoms with Crippen LogP contribution in [0.15, 0.2) is 118 Å². The average Bonchev–Trinajstić information content (AvgIpc) is 3.40. The summed E-state index contributed by atoms with van der Waals surface area (Å²) in [6, 6.07) is 30.1. The van der Waals surface area contributed by atoms with Crippen LogP contribution in [0.25, 0.3) is 38.6 Å². The molecule has 9 heteroatoms. The summed E-state index contributed by atoms with van der Waals surface area (Å²) in [5.41, 5.74) is 5.41. The fourth-order valence-corrected chi connectivity index (χ4v) is 5.40. The number of benzene rings is 4. The largest absolute Gasteiger partial charge is 0.272 e. The van der Waals surface area contributed by atoms with E-state index in [9.17, 15) is 4.79 Å². The first-order valence-electron chi connectivity index (χ1n) is 12.1. The minimum absolute atomic E-state index is 0.124. The summed E-state index contributed by atoms with van der Waals surface area (Å²) >= 11 is 4.78. The third kappa shape index (κ3) is 5.32. The number of halogens is 1. The molecule has 6 aromatic rings. The van der Waals surface area contributed by atoms with Crippen molar-refractivity contribution in [2.24, 2.45) is 5.10 Å². The monoisotopic (exact) mass is 592 g/mol. The molecule has 2 aromatic heterocycles. The average molecular weight is 594 g/mol. The topological polar surface area (TPSA) is 85.1 Å². The van der Waals surface area contributed by atoms with E-state index >= 15 is 0 Å². The zero-order valence-corrected chi connectivity index (χ0v) is 22.9. The lowest BCUT2D eigenvalue weighted by Crippen LogP contribution is -2.20. The number of thioether (sulfide) groups is 1. The Balaban J connectivity index is 1.22. The number of hydrazone groups is 1. The van der Waals surface area contributed by atoms with E-state index in [2.05, 4.69) is 72.0 Å². The van der Waals surface area contributed by atoms with Gasteiger partial charge >= 0.3 is 0 Å². The van der Waals surface area contributed by atoms with Crippen molar-refractivity contribution >= 4 is 61.4 Å². The molecule has 6 rings (SSSR count). The van der Waals surface area contributed by atoms with Gasteiger partial charge in [-0.25, -0.2) is 5.43 Å². The van der Waals surface area contributed by atoms with Gasteiger partial charge in [-0.1, -0.05) is 76.2 Å². The van der Waals surface area contributed by atoms with Gasteiger partial charge in [-0.3, -0.25) is 14.3 Å². The predicted octanol–water partition coefficient (Wildman–Crippen LogP) is 6.64. The molecular weight excluding hydrogens is 572 g/mol. The Morgan fingerprint density at radius 2 is 1.56 bits per heavy atom. The second-order valence-electron chi connectivity index (χ2n) is 8.67.